The van der Waals surface area contributed by atoms with Gasteiger partial charge in [0, 0.05) is 16.5 Å². The SMILES string of the molecule is O=C(CC1OB(O)c2ccccc21)c1ccc(Br)cc1. The molecule has 3 rings (SSSR count). The molecule has 1 aliphatic heterocycles. The van der Waals surface area contributed by atoms with Gasteiger partial charge in [-0.1, -0.05) is 52.3 Å². The molecule has 1 unspecified atom stereocenters. The summed E-state index contributed by atoms with van der Waals surface area (Å²) in [6, 6.07) is 14.7. The fourth-order valence-corrected chi connectivity index (χ4v) is 2.68. The van der Waals surface area contributed by atoms with Crippen LogP contribution in [-0.2, 0) is 4.65 Å². The van der Waals surface area contributed by atoms with Crippen molar-refractivity contribution in [3.05, 3.63) is 64.1 Å². The molecule has 20 heavy (non-hydrogen) atoms. The van der Waals surface area contributed by atoms with Crippen molar-refractivity contribution < 1.29 is 14.5 Å². The summed E-state index contributed by atoms with van der Waals surface area (Å²) in [6.45, 7) is 0. The smallest absolute Gasteiger partial charge is 0.423 e. The number of benzene rings is 2. The highest BCUT2D eigenvalue weighted by Gasteiger charge is 2.35. The number of ketones is 1. The molecule has 0 saturated heterocycles. The number of carbonyl (C=O) groups is 1. The Morgan fingerprint density at radius 3 is 2.65 bits per heavy atom. The van der Waals surface area contributed by atoms with Crippen LogP contribution in [0.2, 0.25) is 0 Å². The van der Waals surface area contributed by atoms with Crippen LogP contribution in [0.1, 0.15) is 28.4 Å². The van der Waals surface area contributed by atoms with Gasteiger partial charge in [0.2, 0.25) is 0 Å². The van der Waals surface area contributed by atoms with Crippen LogP contribution in [0.4, 0.5) is 0 Å². The Balaban J connectivity index is 1.79. The summed E-state index contributed by atoms with van der Waals surface area (Å²) in [5, 5.41) is 9.83. The zero-order valence-corrected chi connectivity index (χ0v) is 12.2. The molecular weight excluding hydrogens is 319 g/mol. The van der Waals surface area contributed by atoms with Crippen LogP contribution in [0.15, 0.2) is 53.0 Å². The van der Waals surface area contributed by atoms with Gasteiger partial charge < -0.3 is 9.68 Å². The molecule has 5 heteroatoms. The number of rotatable bonds is 3. The second kappa shape index (κ2) is 5.52. The third-order valence-electron chi connectivity index (χ3n) is 3.44. The van der Waals surface area contributed by atoms with E-state index in [9.17, 15) is 9.82 Å². The molecule has 1 heterocycles. The first-order valence-corrected chi connectivity index (χ1v) is 7.15. The second-order valence-electron chi connectivity index (χ2n) is 4.74. The first-order chi connectivity index (χ1) is 9.65. The van der Waals surface area contributed by atoms with Crippen LogP contribution < -0.4 is 5.46 Å². The molecule has 0 aliphatic carbocycles. The lowest BCUT2D eigenvalue weighted by molar-refractivity contribution is 0.0902. The summed E-state index contributed by atoms with van der Waals surface area (Å²) in [4.78, 5) is 12.3. The van der Waals surface area contributed by atoms with Crippen molar-refractivity contribution in [2.24, 2.45) is 0 Å². The third kappa shape index (κ3) is 2.57. The molecule has 0 amide bonds. The Morgan fingerprint density at radius 1 is 1.20 bits per heavy atom. The molecule has 0 radical (unpaired) electrons. The van der Waals surface area contributed by atoms with Crippen LogP contribution in [0.3, 0.4) is 0 Å². The van der Waals surface area contributed by atoms with E-state index in [1.165, 1.54) is 0 Å². The lowest BCUT2D eigenvalue weighted by Gasteiger charge is -2.11. The van der Waals surface area contributed by atoms with Crippen molar-refractivity contribution in [1.82, 2.24) is 0 Å². The zero-order chi connectivity index (χ0) is 14.1. The first-order valence-electron chi connectivity index (χ1n) is 6.36. The normalized spacial score (nSPS) is 17.1. The summed E-state index contributed by atoms with van der Waals surface area (Å²) >= 11 is 3.34. The minimum Gasteiger partial charge on any atom is -0.423 e. The average molecular weight is 331 g/mol. The number of carbonyl (C=O) groups excluding carboxylic acids is 1. The highest BCUT2D eigenvalue weighted by molar-refractivity contribution is 9.10. The molecule has 1 aliphatic rings. The van der Waals surface area contributed by atoms with Gasteiger partial charge >= 0.3 is 7.12 Å². The number of halogens is 1. The molecule has 1 atom stereocenters. The van der Waals surface area contributed by atoms with Crippen molar-refractivity contribution in [2.45, 2.75) is 12.5 Å². The Labute approximate surface area is 125 Å². The molecule has 1 N–H and O–H groups in total. The highest BCUT2D eigenvalue weighted by atomic mass is 79.9. The minimum absolute atomic E-state index is 0.00593. The number of fused-ring (bicyclic) bond motifs is 1. The van der Waals surface area contributed by atoms with E-state index in [1.807, 2.05) is 36.4 Å². The number of hydrogen-bond donors (Lipinski definition) is 1. The molecule has 0 spiro atoms. The minimum atomic E-state index is -0.936. The fourth-order valence-electron chi connectivity index (χ4n) is 2.41. The van der Waals surface area contributed by atoms with Crippen LogP contribution in [0.25, 0.3) is 0 Å². The Hall–Kier alpha value is -1.43. The van der Waals surface area contributed by atoms with E-state index in [-0.39, 0.29) is 18.3 Å². The number of hydrogen-bond acceptors (Lipinski definition) is 3. The summed E-state index contributed by atoms with van der Waals surface area (Å²) in [5.41, 5.74) is 2.29. The fraction of sp³-hybridized carbons (Fsp3) is 0.133. The zero-order valence-electron chi connectivity index (χ0n) is 10.6. The Morgan fingerprint density at radius 2 is 1.90 bits per heavy atom. The molecule has 0 aromatic heterocycles. The van der Waals surface area contributed by atoms with Gasteiger partial charge in [0.15, 0.2) is 5.78 Å². The maximum atomic E-state index is 12.3. The van der Waals surface area contributed by atoms with E-state index < -0.39 is 7.12 Å². The quantitative estimate of drug-likeness (QED) is 0.694. The van der Waals surface area contributed by atoms with E-state index in [0.29, 0.717) is 5.56 Å². The maximum Gasteiger partial charge on any atom is 0.491 e. The third-order valence-corrected chi connectivity index (χ3v) is 3.97. The lowest BCUT2D eigenvalue weighted by Crippen LogP contribution is -2.27. The van der Waals surface area contributed by atoms with Gasteiger partial charge in [0.25, 0.3) is 0 Å². The van der Waals surface area contributed by atoms with Crippen molar-refractivity contribution in [3.63, 3.8) is 0 Å². The van der Waals surface area contributed by atoms with Gasteiger partial charge in [-0.05, 0) is 23.2 Å². The molecular formula is C15H12BBrO3. The summed E-state index contributed by atoms with van der Waals surface area (Å²) < 4.78 is 6.41. The molecule has 0 bridgehead atoms. The Kier molecular flexibility index (Phi) is 3.74. The van der Waals surface area contributed by atoms with Crippen molar-refractivity contribution in [2.75, 3.05) is 0 Å². The molecule has 2 aromatic rings. The number of Topliss-reactive ketones (excluding diaryl/α,β-unsaturated/α-hetero) is 1. The van der Waals surface area contributed by atoms with E-state index in [0.717, 1.165) is 15.5 Å². The van der Waals surface area contributed by atoms with Crippen LogP contribution >= 0.6 is 15.9 Å². The van der Waals surface area contributed by atoms with Crippen molar-refractivity contribution in [1.29, 1.82) is 0 Å². The van der Waals surface area contributed by atoms with Crippen LogP contribution in [0.5, 0.6) is 0 Å². The summed E-state index contributed by atoms with van der Waals surface area (Å²) in [5.74, 6) is 0.00593. The topological polar surface area (TPSA) is 46.5 Å². The predicted molar refractivity (Wildman–Crippen MR) is 81.0 cm³/mol. The van der Waals surface area contributed by atoms with Crippen LogP contribution in [0, 0.1) is 0 Å². The van der Waals surface area contributed by atoms with E-state index in [2.05, 4.69) is 15.9 Å². The highest BCUT2D eigenvalue weighted by Crippen LogP contribution is 2.28. The Bertz CT molecular complexity index is 642. The van der Waals surface area contributed by atoms with Gasteiger partial charge in [-0.15, -0.1) is 0 Å². The second-order valence-corrected chi connectivity index (χ2v) is 5.66. The van der Waals surface area contributed by atoms with Gasteiger partial charge in [0.05, 0.1) is 6.10 Å². The van der Waals surface area contributed by atoms with Gasteiger partial charge in [-0.25, -0.2) is 0 Å². The van der Waals surface area contributed by atoms with Crippen molar-refractivity contribution in [3.8, 4) is 0 Å². The van der Waals surface area contributed by atoms with Crippen LogP contribution in [-0.4, -0.2) is 17.9 Å². The molecule has 0 fully saturated rings. The van der Waals surface area contributed by atoms with E-state index in [4.69, 9.17) is 4.65 Å². The molecule has 2 aromatic carbocycles. The standard InChI is InChI=1S/C15H12BBrO3/c17-11-7-5-10(6-8-11)14(18)9-15-12-3-1-2-4-13(12)16(19)20-15/h1-8,15,19H,9H2. The van der Waals surface area contributed by atoms with Crippen molar-refractivity contribution >= 4 is 34.3 Å². The molecule has 100 valence electrons. The van der Waals surface area contributed by atoms with Gasteiger partial charge in [-0.2, -0.15) is 0 Å². The molecule has 3 nitrogen and oxygen atoms in total. The van der Waals surface area contributed by atoms with E-state index in [1.54, 1.807) is 12.1 Å². The van der Waals surface area contributed by atoms with E-state index >= 15 is 0 Å². The maximum absolute atomic E-state index is 12.3. The average Bonchev–Trinajstić information content (AvgIpc) is 2.77. The van der Waals surface area contributed by atoms with Gasteiger partial charge in [-0.3, -0.25) is 4.79 Å². The summed E-state index contributed by atoms with van der Waals surface area (Å²) in [7, 11) is -0.936. The lowest BCUT2D eigenvalue weighted by atomic mass is 9.79. The monoisotopic (exact) mass is 330 g/mol. The first kappa shape index (κ1) is 13.6. The van der Waals surface area contributed by atoms with Gasteiger partial charge in [0.1, 0.15) is 0 Å². The summed E-state index contributed by atoms with van der Waals surface area (Å²) in [6.07, 6.45) is -0.146. The molecule has 0 saturated carbocycles. The largest absolute Gasteiger partial charge is 0.491 e. The predicted octanol–water partition coefficient (Wildman–Crippen LogP) is 2.48.